The number of fused-ring (bicyclic) bond motifs is 4. The summed E-state index contributed by atoms with van der Waals surface area (Å²) in [5.74, 6) is -2.29. The molecule has 32 heavy (non-hydrogen) atoms. The van der Waals surface area contributed by atoms with E-state index in [9.17, 15) is 10.7 Å². The second-order valence-corrected chi connectivity index (χ2v) is 11.6. The van der Waals surface area contributed by atoms with Crippen molar-refractivity contribution < 1.29 is 51.5 Å². The van der Waals surface area contributed by atoms with Gasteiger partial charge in [-0.3, -0.25) is 4.52 Å². The summed E-state index contributed by atoms with van der Waals surface area (Å²) in [6, 6.07) is 0. The first kappa shape index (κ1) is 17.6. The Morgan fingerprint density at radius 2 is 2.09 bits per heavy atom. The van der Waals surface area contributed by atoms with Gasteiger partial charge in [-0.15, -0.1) is 0 Å². The lowest BCUT2D eigenvalue weighted by molar-refractivity contribution is -0.155. The molecule has 3 saturated heterocycles. The highest BCUT2D eigenvalue weighted by Gasteiger charge is 3.00. The molecule has 2 spiro atoms. The van der Waals surface area contributed by atoms with Crippen molar-refractivity contribution in [3.8, 4) is 0 Å². The van der Waals surface area contributed by atoms with Crippen LogP contribution in [0.15, 0.2) is 11.1 Å². The lowest BCUT2D eigenvalue weighted by Crippen LogP contribution is -2.69. The van der Waals surface area contributed by atoms with Gasteiger partial charge in [0.25, 0.3) is 0 Å². The van der Waals surface area contributed by atoms with Crippen molar-refractivity contribution in [2.75, 3.05) is 13.4 Å². The van der Waals surface area contributed by atoms with E-state index in [0.717, 1.165) is 0 Å². The van der Waals surface area contributed by atoms with Crippen molar-refractivity contribution >= 4 is 13.8 Å². The summed E-state index contributed by atoms with van der Waals surface area (Å²) in [7, 11) is -4.78. The zero-order chi connectivity index (χ0) is 25.2. The van der Waals surface area contributed by atoms with Gasteiger partial charge in [-0.05, 0) is 36.6 Å². The number of cyclic esters (lactones) is 1. The molecule has 176 valence electrons. The van der Waals surface area contributed by atoms with Gasteiger partial charge >= 0.3 is 13.8 Å². The number of epoxide rings is 3. The highest BCUT2D eigenvalue weighted by Crippen LogP contribution is 2.83. The molecule has 0 radical (unpaired) electrons. The maximum Gasteiger partial charge on any atom is 0.471 e. The maximum absolute atomic E-state index is 12.5. The van der Waals surface area contributed by atoms with Crippen molar-refractivity contribution in [2.45, 2.75) is 81.3 Å². The van der Waals surface area contributed by atoms with E-state index in [2.05, 4.69) is 4.52 Å². The van der Waals surface area contributed by atoms with Crippen LogP contribution in [0.3, 0.4) is 0 Å². The van der Waals surface area contributed by atoms with E-state index in [1.807, 2.05) is 20.8 Å². The minimum Gasteiger partial charge on any atom is -0.458 e. The Morgan fingerprint density at radius 1 is 1.31 bits per heavy atom. The van der Waals surface area contributed by atoms with Crippen LogP contribution >= 0.6 is 7.82 Å². The number of phosphoric ester groups is 1. The largest absolute Gasteiger partial charge is 0.471 e. The van der Waals surface area contributed by atoms with E-state index >= 15 is 0 Å². The van der Waals surface area contributed by atoms with Crippen LogP contribution in [0.4, 0.5) is 0 Å². The molecule has 2 saturated carbocycles. The lowest BCUT2D eigenvalue weighted by Gasteiger charge is -2.54. The molecule has 0 unspecified atom stereocenters. The molecule has 4 aliphatic heterocycles. The SMILES string of the molecule is [2H]C1([2H])OC(=O)C2=C1[C@]1([2H])C[C@@H]3O[C@@]34[C@H](OCOP(=O)(O)O)[C@@]3(C(C)C)O[C@H]3[C@@H]3O[C@@]34[C@@]1(C)CC2. The second kappa shape index (κ2) is 5.69. The van der Waals surface area contributed by atoms with Gasteiger partial charge < -0.3 is 33.5 Å². The Morgan fingerprint density at radius 3 is 2.81 bits per heavy atom. The van der Waals surface area contributed by atoms with E-state index in [1.165, 1.54) is 0 Å². The van der Waals surface area contributed by atoms with Crippen LogP contribution in [0.1, 0.15) is 44.1 Å². The molecule has 0 bridgehead atoms. The Hall–Kier alpha value is -0.840. The van der Waals surface area contributed by atoms with Crippen LogP contribution in [0.25, 0.3) is 0 Å². The molecular weight excluding hydrogens is 443 g/mol. The van der Waals surface area contributed by atoms with Crippen molar-refractivity contribution in [2.24, 2.45) is 17.2 Å². The van der Waals surface area contributed by atoms with Gasteiger partial charge in [0.15, 0.2) is 12.4 Å². The number of carbonyl (C=O) groups is 1. The van der Waals surface area contributed by atoms with Crippen molar-refractivity contribution in [1.29, 1.82) is 0 Å². The van der Waals surface area contributed by atoms with Crippen LogP contribution in [0, 0.1) is 17.2 Å². The summed E-state index contributed by atoms with van der Waals surface area (Å²) >= 11 is 0. The normalized spacial score (nSPS) is 59.3. The first-order valence-electron chi connectivity index (χ1n) is 12.4. The average molecular weight is 473 g/mol. The quantitative estimate of drug-likeness (QED) is 0.259. The minimum absolute atomic E-state index is 0.0415. The Balaban J connectivity index is 1.34. The third-order valence-corrected chi connectivity index (χ3v) is 9.43. The van der Waals surface area contributed by atoms with Gasteiger partial charge in [0.2, 0.25) is 0 Å². The topological polar surface area (TPSA) is 140 Å². The third-order valence-electron chi connectivity index (χ3n) is 8.99. The number of rotatable bonds is 5. The molecule has 11 heteroatoms. The Kier molecular flexibility index (Phi) is 3.12. The van der Waals surface area contributed by atoms with E-state index < -0.39 is 73.6 Å². The smallest absolute Gasteiger partial charge is 0.458 e. The van der Waals surface area contributed by atoms with Gasteiger partial charge in [-0.1, -0.05) is 20.8 Å². The molecule has 2 N–H and O–H groups in total. The molecule has 0 aromatic rings. The molecule has 9 atom stereocenters. The van der Waals surface area contributed by atoms with Crippen LogP contribution in [-0.2, 0) is 37.6 Å². The van der Waals surface area contributed by atoms with Crippen molar-refractivity contribution in [3.05, 3.63) is 11.1 Å². The fraction of sp³-hybridized carbons (Fsp3) is 0.857. The van der Waals surface area contributed by atoms with Crippen molar-refractivity contribution in [3.63, 3.8) is 0 Å². The molecule has 3 aliphatic carbocycles. The molecular formula is C21H27O10P. The van der Waals surface area contributed by atoms with Crippen LogP contribution in [0.2, 0.25) is 0 Å². The molecule has 0 aromatic carbocycles. The number of carbonyl (C=O) groups excluding carboxylic acids is 1. The average Bonchev–Trinajstić information content (AvgIpc) is 3.59. The van der Waals surface area contributed by atoms with Gasteiger partial charge in [0, 0.05) is 12.4 Å². The summed E-state index contributed by atoms with van der Waals surface area (Å²) < 4.78 is 72.6. The monoisotopic (exact) mass is 473 g/mol. The zero-order valence-electron chi connectivity index (χ0n) is 20.8. The number of hydrogen-bond acceptors (Lipinski definition) is 8. The molecule has 0 aromatic heterocycles. The fourth-order valence-electron chi connectivity index (χ4n) is 7.51. The molecule has 4 heterocycles. The second-order valence-electron chi connectivity index (χ2n) is 10.4. The van der Waals surface area contributed by atoms with Crippen LogP contribution in [0.5, 0.6) is 0 Å². The molecule has 7 rings (SSSR count). The van der Waals surface area contributed by atoms with Crippen molar-refractivity contribution in [1.82, 2.24) is 0 Å². The van der Waals surface area contributed by atoms with E-state index in [1.54, 1.807) is 0 Å². The number of esters is 1. The maximum atomic E-state index is 12.5. The Bertz CT molecular complexity index is 1160. The summed E-state index contributed by atoms with van der Waals surface area (Å²) in [4.78, 5) is 30.8. The van der Waals surface area contributed by atoms with Gasteiger partial charge in [-0.2, -0.15) is 0 Å². The summed E-state index contributed by atoms with van der Waals surface area (Å²) in [6.45, 7) is 2.75. The summed E-state index contributed by atoms with van der Waals surface area (Å²) in [5, 5.41) is 0. The van der Waals surface area contributed by atoms with Crippen LogP contribution < -0.4 is 0 Å². The number of ether oxygens (including phenoxy) is 5. The zero-order valence-corrected chi connectivity index (χ0v) is 18.7. The van der Waals surface area contributed by atoms with E-state index in [4.69, 9.17) is 36.2 Å². The summed E-state index contributed by atoms with van der Waals surface area (Å²) in [6.07, 6.45) is -1.44. The molecule has 5 fully saturated rings. The first-order chi connectivity index (χ1) is 16.1. The predicted octanol–water partition coefficient (Wildman–Crippen LogP) is 1.19. The highest BCUT2D eigenvalue weighted by molar-refractivity contribution is 7.46. The number of hydrogen-bond donors (Lipinski definition) is 2. The standard InChI is InChI=1S/C21H27O10P/c1-9(2)19-14(30-19)15-21(31-15)18(3)5-4-10-11(7-26-16(10)22)12(18)6-13-20(21,29-13)17(19)27-8-28-32(23,24)25/h9,12-15,17H,4-8H2,1-3H3,(H2,23,24,25)/t12-,13-,14-,15-,17+,18-,19-,20+,21+/m0/s1/i7D2,12D. The highest BCUT2D eigenvalue weighted by atomic mass is 31.2. The minimum atomic E-state index is -4.78. The lowest BCUT2D eigenvalue weighted by atomic mass is 9.46. The van der Waals surface area contributed by atoms with Gasteiger partial charge in [0.05, 0.1) is 8.85 Å². The van der Waals surface area contributed by atoms with Gasteiger partial charge in [-0.25, -0.2) is 9.36 Å². The summed E-state index contributed by atoms with van der Waals surface area (Å²) in [5.41, 5.74) is -3.62. The predicted molar refractivity (Wildman–Crippen MR) is 104 cm³/mol. The number of phosphoric acid groups is 1. The molecule has 7 aliphatic rings. The molecule has 0 amide bonds. The van der Waals surface area contributed by atoms with Crippen LogP contribution in [-0.4, -0.2) is 70.3 Å². The Labute approximate surface area is 189 Å². The van der Waals surface area contributed by atoms with E-state index in [-0.39, 0.29) is 36.0 Å². The fourth-order valence-corrected chi connectivity index (χ4v) is 7.71. The third kappa shape index (κ3) is 2.05. The van der Waals surface area contributed by atoms with Gasteiger partial charge in [0.1, 0.15) is 36.1 Å². The first-order valence-corrected chi connectivity index (χ1v) is 12.5. The molecule has 10 nitrogen and oxygen atoms in total. The van der Waals surface area contributed by atoms with E-state index in [0.29, 0.717) is 6.42 Å².